The fourth-order valence-electron chi connectivity index (χ4n) is 4.74. The summed E-state index contributed by atoms with van der Waals surface area (Å²) in [6.45, 7) is 3.64. The van der Waals surface area contributed by atoms with Gasteiger partial charge < -0.3 is 19.2 Å². The van der Waals surface area contributed by atoms with E-state index in [1.165, 1.54) is 18.2 Å². The lowest BCUT2D eigenvalue weighted by Gasteiger charge is -2.19. The molecule has 2 atom stereocenters. The summed E-state index contributed by atoms with van der Waals surface area (Å²) in [7, 11) is 0. The van der Waals surface area contributed by atoms with Gasteiger partial charge in [0.1, 0.15) is 28.5 Å². The molecule has 3 aromatic rings. The Balaban J connectivity index is 1.46. The number of carbonyl (C=O) groups excluding carboxylic acids is 1. The van der Waals surface area contributed by atoms with Gasteiger partial charge in [0, 0.05) is 37.6 Å². The molecule has 1 saturated carbocycles. The number of nitrogens with zero attached hydrogens (tertiary/aromatic N) is 3. The highest BCUT2D eigenvalue weighted by Crippen LogP contribution is 2.35. The Hall–Kier alpha value is -3.07. The molecule has 0 radical (unpaired) electrons. The van der Waals surface area contributed by atoms with Crippen LogP contribution in [0.4, 0.5) is 14.5 Å². The van der Waals surface area contributed by atoms with Crippen molar-refractivity contribution in [3.05, 3.63) is 53.7 Å². The first kappa shape index (κ1) is 22.7. The molecule has 180 valence electrons. The molecule has 34 heavy (non-hydrogen) atoms. The molecule has 5 rings (SSSR count). The van der Waals surface area contributed by atoms with Gasteiger partial charge in [-0.15, -0.1) is 0 Å². The molecule has 0 aromatic carbocycles. The number of halogens is 2. The second kappa shape index (κ2) is 9.66. The van der Waals surface area contributed by atoms with E-state index in [1.807, 2.05) is 16.7 Å². The summed E-state index contributed by atoms with van der Waals surface area (Å²) in [5.74, 6) is 0.859. The number of anilines is 1. The minimum absolute atomic E-state index is 0.0540. The predicted octanol–water partition coefficient (Wildman–Crippen LogP) is 5.38. The molecule has 0 spiro atoms. The Bertz CT molecular complexity index is 1180. The predicted molar refractivity (Wildman–Crippen MR) is 123 cm³/mol. The summed E-state index contributed by atoms with van der Waals surface area (Å²) < 4.78 is 39.8. The maximum Gasteiger partial charge on any atom is 0.280 e. The average Bonchev–Trinajstić information content (AvgIpc) is 3.45. The number of rotatable bonds is 6. The number of aromatic nitrogens is 3. The van der Waals surface area contributed by atoms with Gasteiger partial charge in [-0.1, -0.05) is 13.0 Å². The molecule has 4 heterocycles. The van der Waals surface area contributed by atoms with E-state index in [1.54, 1.807) is 6.20 Å². The Labute approximate surface area is 196 Å². The first-order chi connectivity index (χ1) is 16.5. The molecular weight excluding hydrogens is 442 g/mol. The minimum Gasteiger partial charge on any atom is -0.488 e. The largest absolute Gasteiger partial charge is 0.488 e. The maximum absolute atomic E-state index is 13.1. The smallest absolute Gasteiger partial charge is 0.280 e. The van der Waals surface area contributed by atoms with E-state index in [0.717, 1.165) is 56.7 Å². The standard InChI is InChI=1S/C25H28F2N4O3/c1-15-5-6-17(11-15)34-22-12-23-29-20(16-7-9-33-10-8-16)13-31(23)14-21(22)30-25(32)19-4-2-3-18(28-19)24(26)27/h2-4,12-17,24H,5-11H2,1H3,(H,30,32). The minimum atomic E-state index is -2.75. The summed E-state index contributed by atoms with van der Waals surface area (Å²) in [4.78, 5) is 21.5. The topological polar surface area (TPSA) is 77.8 Å². The first-order valence-corrected chi connectivity index (χ1v) is 11.8. The third-order valence-electron chi connectivity index (χ3n) is 6.63. The Morgan fingerprint density at radius 2 is 2.00 bits per heavy atom. The van der Waals surface area contributed by atoms with Crippen LogP contribution in [0.5, 0.6) is 5.75 Å². The fourth-order valence-corrected chi connectivity index (χ4v) is 4.74. The van der Waals surface area contributed by atoms with Crippen molar-refractivity contribution in [3.63, 3.8) is 0 Å². The van der Waals surface area contributed by atoms with Crippen LogP contribution in [0.3, 0.4) is 0 Å². The Morgan fingerprint density at radius 1 is 1.18 bits per heavy atom. The molecule has 2 unspecified atom stereocenters. The summed E-state index contributed by atoms with van der Waals surface area (Å²) in [5, 5.41) is 2.82. The van der Waals surface area contributed by atoms with Crippen molar-refractivity contribution in [2.75, 3.05) is 18.5 Å². The lowest BCUT2D eigenvalue weighted by atomic mass is 9.97. The normalized spacial score (nSPS) is 21.3. The molecule has 1 aliphatic carbocycles. The Kier molecular flexibility index (Phi) is 6.45. The molecule has 1 amide bonds. The lowest BCUT2D eigenvalue weighted by molar-refractivity contribution is 0.0846. The van der Waals surface area contributed by atoms with Crippen LogP contribution in [0.2, 0.25) is 0 Å². The average molecular weight is 471 g/mol. The van der Waals surface area contributed by atoms with Gasteiger partial charge in [-0.3, -0.25) is 4.79 Å². The van der Waals surface area contributed by atoms with Crippen molar-refractivity contribution in [3.8, 4) is 5.75 Å². The first-order valence-electron chi connectivity index (χ1n) is 11.8. The van der Waals surface area contributed by atoms with Crippen LogP contribution in [0.1, 0.15) is 73.2 Å². The van der Waals surface area contributed by atoms with Crippen molar-refractivity contribution in [2.45, 2.75) is 57.5 Å². The van der Waals surface area contributed by atoms with Crippen LogP contribution < -0.4 is 10.1 Å². The van der Waals surface area contributed by atoms with Gasteiger partial charge in [0.2, 0.25) is 0 Å². The van der Waals surface area contributed by atoms with E-state index in [-0.39, 0.29) is 11.8 Å². The molecule has 1 saturated heterocycles. The van der Waals surface area contributed by atoms with Gasteiger partial charge in [0.15, 0.2) is 0 Å². The molecule has 7 nitrogen and oxygen atoms in total. The van der Waals surface area contributed by atoms with Crippen LogP contribution >= 0.6 is 0 Å². The van der Waals surface area contributed by atoms with Gasteiger partial charge in [0.25, 0.3) is 12.3 Å². The van der Waals surface area contributed by atoms with Gasteiger partial charge in [0.05, 0.1) is 11.8 Å². The summed E-state index contributed by atoms with van der Waals surface area (Å²) >= 11 is 0. The number of pyridine rings is 2. The van der Waals surface area contributed by atoms with Crippen LogP contribution in [0.15, 0.2) is 36.7 Å². The van der Waals surface area contributed by atoms with E-state index < -0.39 is 18.0 Å². The third kappa shape index (κ3) is 4.89. The van der Waals surface area contributed by atoms with E-state index in [9.17, 15) is 13.6 Å². The second-order valence-electron chi connectivity index (χ2n) is 9.23. The quantitative estimate of drug-likeness (QED) is 0.523. The van der Waals surface area contributed by atoms with Crippen molar-refractivity contribution in [1.82, 2.24) is 14.4 Å². The highest BCUT2D eigenvalue weighted by Gasteiger charge is 2.25. The number of ether oxygens (including phenoxy) is 2. The molecule has 9 heteroatoms. The number of alkyl halides is 2. The summed E-state index contributed by atoms with van der Waals surface area (Å²) in [6.07, 6.45) is 5.87. The molecular formula is C25H28F2N4O3. The molecule has 1 aliphatic heterocycles. The van der Waals surface area contributed by atoms with E-state index in [0.29, 0.717) is 23.3 Å². The molecule has 1 N–H and O–H groups in total. The number of nitrogens with one attached hydrogen (secondary N) is 1. The zero-order valence-electron chi connectivity index (χ0n) is 19.0. The monoisotopic (exact) mass is 470 g/mol. The van der Waals surface area contributed by atoms with Crippen LogP contribution in [-0.4, -0.2) is 39.6 Å². The number of hydrogen-bond donors (Lipinski definition) is 1. The van der Waals surface area contributed by atoms with Gasteiger partial charge in [-0.2, -0.15) is 0 Å². The summed E-state index contributed by atoms with van der Waals surface area (Å²) in [5.41, 5.74) is 1.66. The molecule has 0 bridgehead atoms. The number of carbonyl (C=O) groups is 1. The fraction of sp³-hybridized carbons (Fsp3) is 0.480. The van der Waals surface area contributed by atoms with Crippen molar-refractivity contribution in [1.29, 1.82) is 0 Å². The van der Waals surface area contributed by atoms with Crippen LogP contribution in [0.25, 0.3) is 5.65 Å². The number of fused-ring (bicyclic) bond motifs is 1. The van der Waals surface area contributed by atoms with E-state index in [4.69, 9.17) is 14.5 Å². The highest BCUT2D eigenvalue weighted by atomic mass is 19.3. The second-order valence-corrected chi connectivity index (χ2v) is 9.23. The van der Waals surface area contributed by atoms with Crippen molar-refractivity contribution >= 4 is 17.2 Å². The highest BCUT2D eigenvalue weighted by molar-refractivity contribution is 6.03. The van der Waals surface area contributed by atoms with Crippen molar-refractivity contribution in [2.24, 2.45) is 5.92 Å². The van der Waals surface area contributed by atoms with Gasteiger partial charge >= 0.3 is 0 Å². The SMILES string of the molecule is CC1CCC(Oc2cc3nc(C4CCOCC4)cn3cc2NC(=O)c2cccc(C(F)F)n2)C1. The maximum atomic E-state index is 13.1. The van der Waals surface area contributed by atoms with Gasteiger partial charge in [-0.25, -0.2) is 18.7 Å². The van der Waals surface area contributed by atoms with Gasteiger partial charge in [-0.05, 0) is 50.2 Å². The zero-order chi connectivity index (χ0) is 23.7. The molecule has 3 aromatic heterocycles. The molecule has 2 fully saturated rings. The Morgan fingerprint density at radius 3 is 2.74 bits per heavy atom. The number of hydrogen-bond acceptors (Lipinski definition) is 5. The summed E-state index contributed by atoms with van der Waals surface area (Å²) in [6, 6.07) is 5.86. The van der Waals surface area contributed by atoms with Crippen LogP contribution in [0, 0.1) is 5.92 Å². The lowest BCUT2D eigenvalue weighted by Crippen LogP contribution is -2.18. The van der Waals surface area contributed by atoms with E-state index in [2.05, 4.69) is 17.2 Å². The number of imidazole rings is 1. The number of amides is 1. The molecule has 2 aliphatic rings. The third-order valence-corrected chi connectivity index (χ3v) is 6.63. The van der Waals surface area contributed by atoms with E-state index >= 15 is 0 Å². The van der Waals surface area contributed by atoms with Crippen molar-refractivity contribution < 1.29 is 23.0 Å². The van der Waals surface area contributed by atoms with Crippen LogP contribution in [-0.2, 0) is 4.74 Å². The zero-order valence-corrected chi connectivity index (χ0v) is 19.0.